The van der Waals surface area contributed by atoms with E-state index >= 15 is 0 Å². The second-order valence-corrected chi connectivity index (χ2v) is 8.13. The van der Waals surface area contributed by atoms with Gasteiger partial charge in [0.1, 0.15) is 6.04 Å². The van der Waals surface area contributed by atoms with Crippen LogP contribution < -0.4 is 11.1 Å². The second kappa shape index (κ2) is 8.32. The molecule has 2 rings (SSSR count). The average molecular weight is 390 g/mol. The third-order valence-corrected chi connectivity index (χ3v) is 4.92. The van der Waals surface area contributed by atoms with Crippen molar-refractivity contribution in [2.75, 3.05) is 18.2 Å². The van der Waals surface area contributed by atoms with Crippen molar-refractivity contribution < 1.29 is 22.7 Å². The molecule has 0 aliphatic rings. The van der Waals surface area contributed by atoms with Gasteiger partial charge in [0.25, 0.3) is 0 Å². The lowest BCUT2D eigenvalue weighted by molar-refractivity contribution is -0.117. The first-order valence-electron chi connectivity index (χ1n) is 8.27. The fourth-order valence-corrected chi connectivity index (χ4v) is 3.04. The van der Waals surface area contributed by atoms with E-state index in [1.165, 1.54) is 18.2 Å². The van der Waals surface area contributed by atoms with Crippen molar-refractivity contribution in [3.05, 3.63) is 59.2 Å². The van der Waals surface area contributed by atoms with Crippen molar-refractivity contribution in [2.24, 2.45) is 5.73 Å². The summed E-state index contributed by atoms with van der Waals surface area (Å²) in [5, 5.41) is 2.57. The highest BCUT2D eigenvalue weighted by Gasteiger charge is 2.19. The Morgan fingerprint density at radius 2 is 1.78 bits per heavy atom. The van der Waals surface area contributed by atoms with Gasteiger partial charge < -0.3 is 15.8 Å². The molecule has 2 aromatic carbocycles. The molecule has 144 valence electrons. The van der Waals surface area contributed by atoms with Gasteiger partial charge in [-0.1, -0.05) is 29.8 Å². The average Bonchev–Trinajstić information content (AvgIpc) is 2.61. The summed E-state index contributed by atoms with van der Waals surface area (Å²) < 4.78 is 28.7. The summed E-state index contributed by atoms with van der Waals surface area (Å²) in [5.41, 5.74) is 7.81. The summed E-state index contributed by atoms with van der Waals surface area (Å²) in [6.45, 7) is 3.70. The number of carbonyl (C=O) groups excluding carboxylic acids is 2. The van der Waals surface area contributed by atoms with Crippen LogP contribution in [0.4, 0.5) is 5.69 Å². The van der Waals surface area contributed by atoms with Gasteiger partial charge >= 0.3 is 5.97 Å². The first kappa shape index (κ1) is 20.6. The molecule has 0 aromatic heterocycles. The molecular weight excluding hydrogens is 368 g/mol. The van der Waals surface area contributed by atoms with Crippen molar-refractivity contribution >= 4 is 27.4 Å². The van der Waals surface area contributed by atoms with E-state index < -0.39 is 27.8 Å². The highest BCUT2D eigenvalue weighted by molar-refractivity contribution is 7.90. The Morgan fingerprint density at radius 1 is 1.15 bits per heavy atom. The van der Waals surface area contributed by atoms with E-state index in [1.54, 1.807) is 19.1 Å². The van der Waals surface area contributed by atoms with Crippen molar-refractivity contribution in [3.63, 3.8) is 0 Å². The maximum absolute atomic E-state index is 12.5. The number of esters is 1. The lowest BCUT2D eigenvalue weighted by Crippen LogP contribution is -2.28. The first-order valence-corrected chi connectivity index (χ1v) is 10.2. The number of ether oxygens (including phenoxy) is 1. The number of sulfone groups is 1. The first-order chi connectivity index (χ1) is 12.6. The van der Waals surface area contributed by atoms with Crippen molar-refractivity contribution in [1.82, 2.24) is 0 Å². The van der Waals surface area contributed by atoms with E-state index in [2.05, 4.69) is 5.32 Å². The quantitative estimate of drug-likeness (QED) is 0.731. The Labute approximate surface area is 158 Å². The maximum atomic E-state index is 12.5. The van der Waals surface area contributed by atoms with Crippen LogP contribution in [0.5, 0.6) is 0 Å². The molecule has 3 N–H and O–H groups in total. The Bertz CT molecular complexity index is 953. The minimum atomic E-state index is -3.60. The minimum absolute atomic E-state index is 0.0268. The zero-order valence-corrected chi connectivity index (χ0v) is 16.2. The number of nitrogens with one attached hydrogen (secondary N) is 1. The van der Waals surface area contributed by atoms with E-state index in [0.717, 1.165) is 11.8 Å². The topological polar surface area (TPSA) is 116 Å². The van der Waals surface area contributed by atoms with Crippen molar-refractivity contribution in [3.8, 4) is 0 Å². The van der Waals surface area contributed by atoms with Crippen LogP contribution in [0.3, 0.4) is 0 Å². The molecule has 0 heterocycles. The molecule has 2 aromatic rings. The third kappa shape index (κ3) is 5.38. The molecule has 1 atom stereocenters. The van der Waals surface area contributed by atoms with Crippen molar-refractivity contribution in [2.45, 2.75) is 24.8 Å². The van der Waals surface area contributed by atoms with E-state index in [4.69, 9.17) is 10.5 Å². The van der Waals surface area contributed by atoms with Crippen LogP contribution in [0.25, 0.3) is 0 Å². The van der Waals surface area contributed by atoms with Crippen LogP contribution >= 0.6 is 0 Å². The number of nitrogens with two attached hydrogens (primary N) is 1. The maximum Gasteiger partial charge on any atom is 0.338 e. The molecule has 1 unspecified atom stereocenters. The van der Waals surface area contributed by atoms with Gasteiger partial charge in [0.15, 0.2) is 9.84 Å². The molecule has 8 heteroatoms. The number of hydrogen-bond acceptors (Lipinski definition) is 6. The third-order valence-electron chi connectivity index (χ3n) is 3.83. The number of anilines is 1. The predicted molar refractivity (Wildman–Crippen MR) is 102 cm³/mol. The molecule has 0 spiro atoms. The van der Waals surface area contributed by atoms with Gasteiger partial charge in [0, 0.05) is 11.9 Å². The summed E-state index contributed by atoms with van der Waals surface area (Å²) in [6, 6.07) is 10.1. The lowest BCUT2D eigenvalue weighted by atomic mass is 10.1. The van der Waals surface area contributed by atoms with Gasteiger partial charge in [-0.3, -0.25) is 4.79 Å². The molecule has 0 radical (unpaired) electrons. The number of amides is 1. The number of carbonyl (C=O) groups is 2. The molecule has 27 heavy (non-hydrogen) atoms. The van der Waals surface area contributed by atoms with E-state index in [9.17, 15) is 18.0 Å². The van der Waals surface area contributed by atoms with Crippen LogP contribution in [-0.2, 0) is 19.4 Å². The molecule has 0 aliphatic carbocycles. The van der Waals surface area contributed by atoms with E-state index in [0.29, 0.717) is 5.56 Å². The van der Waals surface area contributed by atoms with Crippen molar-refractivity contribution in [1.29, 1.82) is 0 Å². The Morgan fingerprint density at radius 3 is 2.33 bits per heavy atom. The van der Waals surface area contributed by atoms with Gasteiger partial charge in [-0.2, -0.15) is 0 Å². The van der Waals surface area contributed by atoms with E-state index in [-0.39, 0.29) is 22.8 Å². The summed E-state index contributed by atoms with van der Waals surface area (Å²) in [5.74, 6) is -1.21. The number of hydrogen-bond donors (Lipinski definition) is 2. The highest BCUT2D eigenvalue weighted by atomic mass is 32.2. The smallest absolute Gasteiger partial charge is 0.338 e. The summed E-state index contributed by atoms with van der Waals surface area (Å²) >= 11 is 0. The van der Waals surface area contributed by atoms with Gasteiger partial charge in [-0.15, -0.1) is 0 Å². The standard InChI is InChI=1S/C19H22N2O5S/c1-4-26-19(23)14-9-15(11-16(10-14)27(3,24)25)21-18(22)17(20)13-7-5-12(2)6-8-13/h5-11,17H,4,20H2,1-3H3,(H,21,22). The Hall–Kier alpha value is -2.71. The number of aryl methyl sites for hydroxylation is 1. The van der Waals surface area contributed by atoms with Gasteiger partial charge in [-0.25, -0.2) is 13.2 Å². The minimum Gasteiger partial charge on any atom is -0.462 e. The molecule has 7 nitrogen and oxygen atoms in total. The zero-order chi connectivity index (χ0) is 20.2. The fourth-order valence-electron chi connectivity index (χ4n) is 2.36. The van der Waals surface area contributed by atoms with Crippen LogP contribution in [0.2, 0.25) is 0 Å². The fraction of sp³-hybridized carbons (Fsp3) is 0.263. The van der Waals surface area contributed by atoms with E-state index in [1.807, 2.05) is 19.1 Å². The zero-order valence-electron chi connectivity index (χ0n) is 15.4. The SMILES string of the molecule is CCOC(=O)c1cc(NC(=O)C(N)c2ccc(C)cc2)cc(S(C)(=O)=O)c1. The number of rotatable bonds is 6. The molecule has 0 saturated carbocycles. The van der Waals surface area contributed by atoms with Crippen LogP contribution in [-0.4, -0.2) is 33.2 Å². The van der Waals surface area contributed by atoms with Crippen LogP contribution in [0.1, 0.15) is 34.5 Å². The Balaban J connectivity index is 2.33. The van der Waals surface area contributed by atoms with Gasteiger partial charge in [0.05, 0.1) is 17.1 Å². The monoisotopic (exact) mass is 390 g/mol. The number of benzene rings is 2. The Kier molecular flexibility index (Phi) is 6.35. The van der Waals surface area contributed by atoms with Gasteiger partial charge in [-0.05, 0) is 37.6 Å². The molecule has 0 saturated heterocycles. The summed E-state index contributed by atoms with van der Waals surface area (Å²) in [4.78, 5) is 24.4. The molecular formula is C19H22N2O5S. The predicted octanol–water partition coefficient (Wildman–Crippen LogP) is 2.21. The summed E-state index contributed by atoms with van der Waals surface area (Å²) in [7, 11) is -3.60. The molecule has 0 bridgehead atoms. The normalized spacial score (nSPS) is 12.3. The summed E-state index contributed by atoms with van der Waals surface area (Å²) in [6.07, 6.45) is 1.01. The molecule has 0 aliphatic heterocycles. The largest absolute Gasteiger partial charge is 0.462 e. The molecule has 0 fully saturated rings. The highest BCUT2D eigenvalue weighted by Crippen LogP contribution is 2.21. The van der Waals surface area contributed by atoms with Gasteiger partial charge in [0.2, 0.25) is 5.91 Å². The lowest BCUT2D eigenvalue weighted by Gasteiger charge is -2.14. The van der Waals surface area contributed by atoms with Crippen LogP contribution in [0, 0.1) is 6.92 Å². The van der Waals surface area contributed by atoms with Crippen LogP contribution in [0.15, 0.2) is 47.4 Å². The second-order valence-electron chi connectivity index (χ2n) is 6.12. The molecule has 1 amide bonds.